The molecule has 0 atom stereocenters. The van der Waals surface area contributed by atoms with Gasteiger partial charge in [-0.15, -0.1) is 0 Å². The van der Waals surface area contributed by atoms with Crippen molar-refractivity contribution in [2.45, 2.75) is 18.2 Å². The van der Waals surface area contributed by atoms with E-state index in [-0.39, 0.29) is 10.6 Å². The highest BCUT2D eigenvalue weighted by Gasteiger charge is 2.23. The lowest BCUT2D eigenvalue weighted by molar-refractivity contribution is 0.0691. The molecule has 0 fully saturated rings. The molecule has 2 aromatic carbocycles. The van der Waals surface area contributed by atoms with Crippen molar-refractivity contribution in [2.75, 3.05) is 17.1 Å². The number of nitrogens with one attached hydrogen (secondary N) is 2. The molecule has 0 spiro atoms. The molecule has 9 heteroatoms. The summed E-state index contributed by atoms with van der Waals surface area (Å²) in [6.45, 7) is 1.89. The predicted octanol–water partition coefficient (Wildman–Crippen LogP) is 4.13. The first-order chi connectivity index (χ1) is 16.8. The molecule has 0 aliphatic heterocycles. The van der Waals surface area contributed by atoms with Crippen LogP contribution in [0.2, 0.25) is 0 Å². The average molecular weight is 487 g/mol. The SMILES string of the molecule is CCc1ccc2cccnc2c1S(=O)(=O)Nc1ccccc1C#Cc1cnc(C(=O)O)c(NC)c1. The molecule has 176 valence electrons. The van der Waals surface area contributed by atoms with Gasteiger partial charge in [0.15, 0.2) is 5.69 Å². The molecule has 0 aliphatic rings. The third-order valence-electron chi connectivity index (χ3n) is 5.33. The van der Waals surface area contributed by atoms with Gasteiger partial charge in [-0.2, -0.15) is 0 Å². The summed E-state index contributed by atoms with van der Waals surface area (Å²) >= 11 is 0. The van der Waals surface area contributed by atoms with E-state index in [2.05, 4.69) is 31.8 Å². The zero-order chi connectivity index (χ0) is 25.0. The monoisotopic (exact) mass is 486 g/mol. The highest BCUT2D eigenvalue weighted by molar-refractivity contribution is 7.93. The number of carbonyl (C=O) groups is 1. The number of fused-ring (bicyclic) bond motifs is 1. The van der Waals surface area contributed by atoms with Gasteiger partial charge in [0.1, 0.15) is 4.90 Å². The Kier molecular flexibility index (Phi) is 6.66. The quantitative estimate of drug-likeness (QED) is 0.350. The zero-order valence-electron chi connectivity index (χ0n) is 19.0. The summed E-state index contributed by atoms with van der Waals surface area (Å²) in [5.74, 6) is 4.74. The summed E-state index contributed by atoms with van der Waals surface area (Å²) in [7, 11) is -2.39. The highest BCUT2D eigenvalue weighted by Crippen LogP contribution is 2.28. The molecule has 35 heavy (non-hydrogen) atoms. The van der Waals surface area contributed by atoms with E-state index in [1.807, 2.05) is 19.1 Å². The number of pyridine rings is 2. The van der Waals surface area contributed by atoms with Gasteiger partial charge in [0, 0.05) is 36.0 Å². The van der Waals surface area contributed by atoms with Crippen molar-refractivity contribution < 1.29 is 18.3 Å². The first kappa shape index (κ1) is 23.7. The van der Waals surface area contributed by atoms with Crippen molar-refractivity contribution in [1.82, 2.24) is 9.97 Å². The second kappa shape index (κ2) is 9.83. The summed E-state index contributed by atoms with van der Waals surface area (Å²) in [5.41, 5.74) is 2.54. The van der Waals surface area contributed by atoms with Gasteiger partial charge in [-0.05, 0) is 36.2 Å². The largest absolute Gasteiger partial charge is 0.476 e. The number of aromatic carboxylic acids is 1. The lowest BCUT2D eigenvalue weighted by Crippen LogP contribution is -2.16. The Morgan fingerprint density at radius 1 is 1.03 bits per heavy atom. The molecule has 8 nitrogen and oxygen atoms in total. The lowest BCUT2D eigenvalue weighted by Gasteiger charge is -2.14. The van der Waals surface area contributed by atoms with Crippen LogP contribution in [0.4, 0.5) is 11.4 Å². The number of hydrogen-bond donors (Lipinski definition) is 3. The van der Waals surface area contributed by atoms with Crippen LogP contribution in [0.1, 0.15) is 34.1 Å². The Hall–Kier alpha value is -4.42. The van der Waals surface area contributed by atoms with E-state index in [1.165, 1.54) is 6.20 Å². The Balaban J connectivity index is 1.73. The summed E-state index contributed by atoms with van der Waals surface area (Å²) in [6, 6.07) is 15.6. The van der Waals surface area contributed by atoms with Gasteiger partial charge in [0.05, 0.1) is 16.9 Å². The number of aryl methyl sites for hydroxylation is 1. The van der Waals surface area contributed by atoms with E-state index in [4.69, 9.17) is 0 Å². The maximum absolute atomic E-state index is 13.5. The van der Waals surface area contributed by atoms with Gasteiger partial charge >= 0.3 is 5.97 Å². The minimum absolute atomic E-state index is 0.110. The van der Waals surface area contributed by atoms with E-state index in [0.29, 0.717) is 40.0 Å². The number of carboxylic acid groups (broad SMARTS) is 1. The van der Waals surface area contributed by atoms with E-state index < -0.39 is 16.0 Å². The number of aromatic nitrogens is 2. The second-order valence-electron chi connectivity index (χ2n) is 7.56. The van der Waals surface area contributed by atoms with Crippen LogP contribution in [-0.2, 0) is 16.4 Å². The molecular weight excluding hydrogens is 464 g/mol. The van der Waals surface area contributed by atoms with Crippen LogP contribution in [0.25, 0.3) is 10.9 Å². The summed E-state index contributed by atoms with van der Waals surface area (Å²) in [4.78, 5) is 19.7. The molecule has 0 saturated carbocycles. The van der Waals surface area contributed by atoms with Gasteiger partial charge in [-0.3, -0.25) is 9.71 Å². The standard InChI is InChI=1S/C26H22N4O4S/c1-3-18-12-13-20-8-6-14-28-23(20)25(18)35(33,34)30-21-9-5-4-7-19(21)11-10-17-15-22(27-2)24(26(31)32)29-16-17/h4-9,12-16,27,30H,3H2,1-2H3,(H,31,32). The van der Waals surface area contributed by atoms with Crippen molar-refractivity contribution >= 4 is 38.3 Å². The zero-order valence-corrected chi connectivity index (χ0v) is 19.8. The maximum Gasteiger partial charge on any atom is 0.356 e. The molecule has 4 rings (SSSR count). The van der Waals surface area contributed by atoms with Crippen LogP contribution in [0.5, 0.6) is 0 Å². The third kappa shape index (κ3) is 4.93. The molecule has 4 aromatic rings. The summed E-state index contributed by atoms with van der Waals surface area (Å²) < 4.78 is 29.7. The fraction of sp³-hybridized carbons (Fsp3) is 0.115. The highest BCUT2D eigenvalue weighted by atomic mass is 32.2. The minimum Gasteiger partial charge on any atom is -0.476 e. The number of rotatable bonds is 6. The number of sulfonamides is 1. The Bertz CT molecular complexity index is 1600. The van der Waals surface area contributed by atoms with Gasteiger partial charge < -0.3 is 10.4 Å². The van der Waals surface area contributed by atoms with Gasteiger partial charge in [0.25, 0.3) is 10.0 Å². The van der Waals surface area contributed by atoms with E-state index >= 15 is 0 Å². The van der Waals surface area contributed by atoms with Crippen LogP contribution >= 0.6 is 0 Å². The molecule has 0 radical (unpaired) electrons. The van der Waals surface area contributed by atoms with Crippen LogP contribution in [0.3, 0.4) is 0 Å². The Morgan fingerprint density at radius 2 is 1.83 bits per heavy atom. The molecule has 0 unspecified atom stereocenters. The lowest BCUT2D eigenvalue weighted by atomic mass is 10.1. The van der Waals surface area contributed by atoms with Gasteiger partial charge in [-0.1, -0.05) is 49.1 Å². The minimum atomic E-state index is -3.98. The maximum atomic E-state index is 13.5. The first-order valence-corrected chi connectivity index (χ1v) is 12.2. The number of anilines is 2. The molecule has 0 bridgehead atoms. The number of para-hydroxylation sites is 1. The summed E-state index contributed by atoms with van der Waals surface area (Å²) in [6.07, 6.45) is 3.46. The molecule has 2 aromatic heterocycles. The number of benzene rings is 2. The van der Waals surface area contributed by atoms with Crippen molar-refractivity contribution in [3.05, 3.63) is 89.4 Å². The normalized spacial score (nSPS) is 10.9. The van der Waals surface area contributed by atoms with Gasteiger partial charge in [-0.25, -0.2) is 18.2 Å². The molecular formula is C26H22N4O4S. The summed E-state index contributed by atoms with van der Waals surface area (Å²) in [5, 5.41) is 12.8. The van der Waals surface area contributed by atoms with Crippen LogP contribution in [-0.4, -0.2) is 36.5 Å². The van der Waals surface area contributed by atoms with Crippen molar-refractivity contribution in [1.29, 1.82) is 0 Å². The third-order valence-corrected chi connectivity index (χ3v) is 6.81. The van der Waals surface area contributed by atoms with E-state index in [9.17, 15) is 18.3 Å². The molecule has 0 amide bonds. The topological polar surface area (TPSA) is 121 Å². The first-order valence-electron chi connectivity index (χ1n) is 10.8. The van der Waals surface area contributed by atoms with E-state index in [1.54, 1.807) is 55.7 Å². The van der Waals surface area contributed by atoms with E-state index in [0.717, 1.165) is 5.39 Å². The number of carboxylic acids is 1. The Labute approximate surface area is 203 Å². The molecule has 0 saturated heterocycles. The molecule has 0 aliphatic carbocycles. The van der Waals surface area contributed by atoms with Crippen LogP contribution < -0.4 is 10.0 Å². The Morgan fingerprint density at radius 3 is 2.57 bits per heavy atom. The van der Waals surface area contributed by atoms with Crippen molar-refractivity contribution in [3.8, 4) is 11.8 Å². The fourth-order valence-corrected chi connectivity index (χ4v) is 5.20. The molecule has 2 heterocycles. The number of hydrogen-bond acceptors (Lipinski definition) is 6. The van der Waals surface area contributed by atoms with Crippen LogP contribution in [0.15, 0.2) is 71.9 Å². The van der Waals surface area contributed by atoms with Crippen LogP contribution in [0, 0.1) is 11.8 Å². The van der Waals surface area contributed by atoms with Crippen molar-refractivity contribution in [2.24, 2.45) is 0 Å². The average Bonchev–Trinajstić information content (AvgIpc) is 2.86. The fourth-order valence-electron chi connectivity index (χ4n) is 3.65. The van der Waals surface area contributed by atoms with Crippen molar-refractivity contribution in [3.63, 3.8) is 0 Å². The van der Waals surface area contributed by atoms with Gasteiger partial charge in [0.2, 0.25) is 0 Å². The second-order valence-corrected chi connectivity index (χ2v) is 9.18. The number of nitrogens with zero attached hydrogens (tertiary/aromatic N) is 2. The smallest absolute Gasteiger partial charge is 0.356 e. The molecule has 3 N–H and O–H groups in total. The predicted molar refractivity (Wildman–Crippen MR) is 135 cm³/mol.